The molecule has 0 aromatic heterocycles. The van der Waals surface area contributed by atoms with Crippen molar-refractivity contribution >= 4 is 11.9 Å². The summed E-state index contributed by atoms with van der Waals surface area (Å²) in [4.78, 5) is 30.9. The first-order valence-corrected chi connectivity index (χ1v) is 9.46. The van der Waals surface area contributed by atoms with Gasteiger partial charge in [-0.25, -0.2) is 0 Å². The Labute approximate surface area is 149 Å². The van der Waals surface area contributed by atoms with Crippen LogP contribution in [-0.4, -0.2) is 97.8 Å². The van der Waals surface area contributed by atoms with Gasteiger partial charge in [-0.15, -0.1) is 0 Å². The standard InChI is InChI=1S/C18H31N3O4/c1-3-21-13-18(17(23)24)12-20(11-15(18)16(21)22)10-14-4-6-19(7-5-14)8-9-25-2/h14-15H,3-13H2,1-2H3,(H,23,24)/t15-,18-/m1/s1. The topological polar surface area (TPSA) is 73.3 Å². The highest BCUT2D eigenvalue weighted by Crippen LogP contribution is 2.44. The lowest BCUT2D eigenvalue weighted by Crippen LogP contribution is -2.43. The van der Waals surface area contributed by atoms with E-state index in [-0.39, 0.29) is 11.8 Å². The smallest absolute Gasteiger partial charge is 0.313 e. The largest absolute Gasteiger partial charge is 0.481 e. The Morgan fingerprint density at radius 2 is 2.00 bits per heavy atom. The van der Waals surface area contributed by atoms with Crippen molar-refractivity contribution in [3.63, 3.8) is 0 Å². The molecule has 0 spiro atoms. The molecule has 142 valence electrons. The van der Waals surface area contributed by atoms with Crippen LogP contribution >= 0.6 is 0 Å². The lowest BCUT2D eigenvalue weighted by Gasteiger charge is -2.34. The van der Waals surface area contributed by atoms with E-state index >= 15 is 0 Å². The van der Waals surface area contributed by atoms with Gasteiger partial charge in [-0.05, 0) is 38.8 Å². The summed E-state index contributed by atoms with van der Waals surface area (Å²) in [5, 5.41) is 9.82. The number of methoxy groups -OCH3 is 1. The maximum Gasteiger partial charge on any atom is 0.313 e. The lowest BCUT2D eigenvalue weighted by molar-refractivity contribution is -0.149. The van der Waals surface area contributed by atoms with E-state index in [1.807, 2.05) is 6.92 Å². The first kappa shape index (κ1) is 18.6. The third kappa shape index (κ3) is 3.55. The summed E-state index contributed by atoms with van der Waals surface area (Å²) in [7, 11) is 1.73. The van der Waals surface area contributed by atoms with Gasteiger partial charge in [0.1, 0.15) is 5.41 Å². The molecule has 1 N–H and O–H groups in total. The fraction of sp³-hybridized carbons (Fsp3) is 0.889. The number of likely N-dealkylation sites (tertiary alicyclic amines) is 3. The van der Waals surface area contributed by atoms with Crippen molar-refractivity contribution in [3.8, 4) is 0 Å². The summed E-state index contributed by atoms with van der Waals surface area (Å²) in [6.07, 6.45) is 2.28. The lowest BCUT2D eigenvalue weighted by atomic mass is 9.81. The Morgan fingerprint density at radius 1 is 1.28 bits per heavy atom. The number of ether oxygens (including phenoxy) is 1. The minimum atomic E-state index is -0.897. The van der Waals surface area contributed by atoms with Gasteiger partial charge in [0.25, 0.3) is 0 Å². The molecule has 0 aromatic rings. The minimum absolute atomic E-state index is 0.0294. The van der Waals surface area contributed by atoms with Gasteiger partial charge in [0.05, 0.1) is 12.5 Å². The number of carbonyl (C=O) groups is 2. The van der Waals surface area contributed by atoms with Crippen LogP contribution in [0.2, 0.25) is 0 Å². The van der Waals surface area contributed by atoms with Gasteiger partial charge in [-0.1, -0.05) is 0 Å². The fourth-order valence-electron chi connectivity index (χ4n) is 4.79. The Morgan fingerprint density at radius 3 is 2.56 bits per heavy atom. The van der Waals surface area contributed by atoms with Gasteiger partial charge < -0.3 is 24.5 Å². The molecule has 0 bridgehead atoms. The number of piperidine rings is 1. The van der Waals surface area contributed by atoms with E-state index in [1.54, 1.807) is 12.0 Å². The summed E-state index contributed by atoms with van der Waals surface area (Å²) >= 11 is 0. The SMILES string of the molecule is CCN1C[C@]2(C(=O)O)CN(CC3CCN(CCOC)CC3)C[C@@H]2C1=O. The zero-order valence-corrected chi connectivity index (χ0v) is 15.4. The average molecular weight is 353 g/mol. The van der Waals surface area contributed by atoms with Crippen LogP contribution in [0.1, 0.15) is 19.8 Å². The summed E-state index contributed by atoms with van der Waals surface area (Å²) in [6.45, 7) is 8.85. The summed E-state index contributed by atoms with van der Waals surface area (Å²) < 4.78 is 5.14. The zero-order chi connectivity index (χ0) is 18.0. The normalized spacial score (nSPS) is 31.7. The number of aliphatic carboxylic acids is 1. The summed E-state index contributed by atoms with van der Waals surface area (Å²) in [6, 6.07) is 0. The number of hydrogen-bond acceptors (Lipinski definition) is 5. The predicted molar refractivity (Wildman–Crippen MR) is 93.3 cm³/mol. The van der Waals surface area contributed by atoms with Crippen LogP contribution in [0.25, 0.3) is 0 Å². The number of rotatable bonds is 7. The Kier molecular flexibility index (Phi) is 5.65. The van der Waals surface area contributed by atoms with Crippen LogP contribution in [0, 0.1) is 17.3 Å². The number of carboxylic acid groups (broad SMARTS) is 1. The zero-order valence-electron chi connectivity index (χ0n) is 15.4. The Balaban J connectivity index is 1.55. The summed E-state index contributed by atoms with van der Waals surface area (Å²) in [5.74, 6) is -0.548. The molecule has 7 nitrogen and oxygen atoms in total. The Bertz CT molecular complexity index is 507. The quantitative estimate of drug-likeness (QED) is 0.705. The van der Waals surface area contributed by atoms with Crippen LogP contribution in [0.5, 0.6) is 0 Å². The molecule has 3 rings (SSSR count). The fourth-order valence-corrected chi connectivity index (χ4v) is 4.79. The first-order valence-electron chi connectivity index (χ1n) is 9.46. The van der Waals surface area contributed by atoms with Crippen LogP contribution in [0.4, 0.5) is 0 Å². The van der Waals surface area contributed by atoms with Crippen molar-refractivity contribution in [2.24, 2.45) is 17.3 Å². The highest BCUT2D eigenvalue weighted by Gasteiger charge is 2.61. The molecule has 7 heteroatoms. The molecule has 0 unspecified atom stereocenters. The molecule has 1 amide bonds. The second-order valence-electron chi connectivity index (χ2n) is 7.84. The second kappa shape index (κ2) is 7.60. The maximum absolute atomic E-state index is 12.5. The number of hydrogen-bond donors (Lipinski definition) is 1. The van der Waals surface area contributed by atoms with Crippen molar-refractivity contribution in [3.05, 3.63) is 0 Å². The molecule has 3 fully saturated rings. The van der Waals surface area contributed by atoms with E-state index < -0.39 is 11.4 Å². The van der Waals surface area contributed by atoms with Crippen molar-refractivity contribution in [2.45, 2.75) is 19.8 Å². The van der Waals surface area contributed by atoms with Crippen LogP contribution in [-0.2, 0) is 14.3 Å². The average Bonchev–Trinajstić information content (AvgIpc) is 3.09. The Hall–Kier alpha value is -1.18. The second-order valence-corrected chi connectivity index (χ2v) is 7.84. The number of carbonyl (C=O) groups excluding carboxylic acids is 1. The monoisotopic (exact) mass is 353 g/mol. The third-order valence-electron chi connectivity index (χ3n) is 6.34. The minimum Gasteiger partial charge on any atom is -0.481 e. The van der Waals surface area contributed by atoms with Gasteiger partial charge in [0, 0.05) is 46.4 Å². The first-order chi connectivity index (χ1) is 12.0. The molecular formula is C18H31N3O4. The van der Waals surface area contributed by atoms with E-state index in [4.69, 9.17) is 4.74 Å². The molecule has 0 radical (unpaired) electrons. The molecule has 3 aliphatic heterocycles. The molecule has 0 aliphatic carbocycles. The maximum atomic E-state index is 12.5. The van der Waals surface area contributed by atoms with Gasteiger partial charge in [0.15, 0.2) is 0 Å². The molecular weight excluding hydrogens is 322 g/mol. The molecule has 25 heavy (non-hydrogen) atoms. The molecule has 0 saturated carbocycles. The van der Waals surface area contributed by atoms with E-state index in [1.165, 1.54) is 0 Å². The van der Waals surface area contributed by atoms with Gasteiger partial charge >= 0.3 is 5.97 Å². The van der Waals surface area contributed by atoms with E-state index in [0.29, 0.717) is 32.1 Å². The van der Waals surface area contributed by atoms with Crippen LogP contribution in [0.3, 0.4) is 0 Å². The highest BCUT2D eigenvalue weighted by molar-refractivity contribution is 5.92. The molecule has 3 heterocycles. The molecule has 0 aromatic carbocycles. The van der Waals surface area contributed by atoms with E-state index in [2.05, 4.69) is 9.80 Å². The number of amides is 1. The van der Waals surface area contributed by atoms with E-state index in [9.17, 15) is 14.7 Å². The van der Waals surface area contributed by atoms with Crippen molar-refractivity contribution in [1.82, 2.24) is 14.7 Å². The van der Waals surface area contributed by atoms with Crippen molar-refractivity contribution in [2.75, 3.05) is 66.1 Å². The van der Waals surface area contributed by atoms with Crippen molar-refractivity contribution in [1.29, 1.82) is 0 Å². The van der Waals surface area contributed by atoms with Crippen LogP contribution in [0.15, 0.2) is 0 Å². The predicted octanol–water partition coefficient (Wildman–Crippen LogP) is 0.210. The molecule has 2 atom stereocenters. The third-order valence-corrected chi connectivity index (χ3v) is 6.34. The number of nitrogens with zero attached hydrogens (tertiary/aromatic N) is 3. The van der Waals surface area contributed by atoms with Gasteiger partial charge in [-0.3, -0.25) is 9.59 Å². The van der Waals surface area contributed by atoms with Gasteiger partial charge in [0.2, 0.25) is 5.91 Å². The van der Waals surface area contributed by atoms with E-state index in [0.717, 1.165) is 45.6 Å². The van der Waals surface area contributed by atoms with Crippen molar-refractivity contribution < 1.29 is 19.4 Å². The van der Waals surface area contributed by atoms with Gasteiger partial charge in [-0.2, -0.15) is 0 Å². The van der Waals surface area contributed by atoms with Crippen LogP contribution < -0.4 is 0 Å². The number of fused-ring (bicyclic) bond motifs is 1. The molecule has 3 aliphatic rings. The highest BCUT2D eigenvalue weighted by atomic mass is 16.5. The number of carboxylic acids is 1. The summed E-state index contributed by atoms with van der Waals surface area (Å²) in [5.41, 5.74) is -0.897. The molecule has 3 saturated heterocycles.